The summed E-state index contributed by atoms with van der Waals surface area (Å²) in [6.45, 7) is 1.48. The minimum absolute atomic E-state index is 0.0145. The number of sulfonamides is 1. The molecular weight excluding hydrogens is 483 g/mol. The lowest BCUT2D eigenvalue weighted by atomic mass is 10.1. The first-order valence-corrected chi connectivity index (χ1v) is 11.8. The van der Waals surface area contributed by atoms with E-state index in [1.807, 2.05) is 37.3 Å². The molecule has 3 aromatic rings. The van der Waals surface area contributed by atoms with Crippen LogP contribution in [0.1, 0.15) is 24.1 Å². The molecule has 0 aromatic heterocycles. The van der Waals surface area contributed by atoms with Crippen LogP contribution in [-0.2, 0) is 21.4 Å². The molecule has 0 heterocycles. The van der Waals surface area contributed by atoms with Crippen LogP contribution in [-0.4, -0.2) is 25.2 Å². The monoisotopic (exact) mass is 504 g/mol. The molecule has 31 heavy (non-hydrogen) atoms. The van der Waals surface area contributed by atoms with Crippen molar-refractivity contribution in [3.05, 3.63) is 100 Å². The molecule has 8 heteroatoms. The van der Waals surface area contributed by atoms with E-state index in [-0.39, 0.29) is 24.0 Å². The predicted octanol–water partition coefficient (Wildman–Crippen LogP) is 4.66. The van der Waals surface area contributed by atoms with Crippen LogP contribution in [0.15, 0.2) is 88.2 Å². The Morgan fingerprint density at radius 3 is 2.23 bits per heavy atom. The Morgan fingerprint density at radius 2 is 1.61 bits per heavy atom. The molecule has 1 amide bonds. The Morgan fingerprint density at radius 1 is 1.00 bits per heavy atom. The van der Waals surface area contributed by atoms with Gasteiger partial charge in [-0.05, 0) is 54.4 Å². The van der Waals surface area contributed by atoms with Crippen molar-refractivity contribution in [2.45, 2.75) is 24.4 Å². The number of hydrogen-bond acceptors (Lipinski definition) is 3. The minimum Gasteiger partial charge on any atom is -0.348 e. The van der Waals surface area contributed by atoms with Crippen molar-refractivity contribution in [2.24, 2.45) is 0 Å². The fourth-order valence-corrected chi connectivity index (χ4v) is 4.70. The second kappa shape index (κ2) is 10.2. The SMILES string of the molecule is CC(NC(=O)CN(Cc1ccccc1)S(=O)(=O)c1ccc(F)cc1)c1ccc(Br)cc1. The number of rotatable bonds is 8. The molecule has 3 rings (SSSR count). The zero-order chi connectivity index (χ0) is 22.4. The maximum absolute atomic E-state index is 13.3. The van der Waals surface area contributed by atoms with E-state index in [0.717, 1.165) is 32.0 Å². The van der Waals surface area contributed by atoms with E-state index in [9.17, 15) is 17.6 Å². The molecule has 0 saturated carbocycles. The summed E-state index contributed by atoms with van der Waals surface area (Å²) in [5.41, 5.74) is 1.63. The van der Waals surface area contributed by atoms with Crippen molar-refractivity contribution in [3.63, 3.8) is 0 Å². The highest BCUT2D eigenvalue weighted by molar-refractivity contribution is 9.10. The Labute approximate surface area is 190 Å². The molecule has 1 unspecified atom stereocenters. The van der Waals surface area contributed by atoms with Gasteiger partial charge in [0.2, 0.25) is 15.9 Å². The van der Waals surface area contributed by atoms with Gasteiger partial charge < -0.3 is 5.32 Å². The summed E-state index contributed by atoms with van der Waals surface area (Å²) in [7, 11) is -4.02. The number of halogens is 2. The van der Waals surface area contributed by atoms with Crippen molar-refractivity contribution < 1.29 is 17.6 Å². The third-order valence-electron chi connectivity index (χ3n) is 4.72. The van der Waals surface area contributed by atoms with Gasteiger partial charge in [-0.15, -0.1) is 0 Å². The summed E-state index contributed by atoms with van der Waals surface area (Å²) in [6, 6.07) is 20.8. The van der Waals surface area contributed by atoms with Crippen LogP contribution in [0.3, 0.4) is 0 Å². The number of carbonyl (C=O) groups is 1. The summed E-state index contributed by atoms with van der Waals surface area (Å²) >= 11 is 3.37. The van der Waals surface area contributed by atoms with Gasteiger partial charge in [0.1, 0.15) is 5.82 Å². The van der Waals surface area contributed by atoms with E-state index in [0.29, 0.717) is 0 Å². The zero-order valence-corrected chi connectivity index (χ0v) is 19.2. The van der Waals surface area contributed by atoms with Gasteiger partial charge in [-0.3, -0.25) is 4.79 Å². The smallest absolute Gasteiger partial charge is 0.243 e. The van der Waals surface area contributed by atoms with Gasteiger partial charge in [0.15, 0.2) is 0 Å². The second-order valence-electron chi connectivity index (χ2n) is 7.05. The Balaban J connectivity index is 1.81. The highest BCUT2D eigenvalue weighted by atomic mass is 79.9. The first-order valence-electron chi connectivity index (χ1n) is 9.60. The van der Waals surface area contributed by atoms with Crippen molar-refractivity contribution >= 4 is 31.9 Å². The molecule has 0 fully saturated rings. The lowest BCUT2D eigenvalue weighted by Crippen LogP contribution is -2.41. The van der Waals surface area contributed by atoms with Crippen LogP contribution in [0.4, 0.5) is 4.39 Å². The molecule has 0 spiro atoms. The Hall–Kier alpha value is -2.55. The summed E-state index contributed by atoms with van der Waals surface area (Å²) in [4.78, 5) is 12.7. The fourth-order valence-electron chi connectivity index (χ4n) is 3.05. The number of nitrogens with zero attached hydrogens (tertiary/aromatic N) is 1. The van der Waals surface area contributed by atoms with Gasteiger partial charge in [0.25, 0.3) is 0 Å². The van der Waals surface area contributed by atoms with Crippen molar-refractivity contribution in [2.75, 3.05) is 6.54 Å². The third-order valence-corrected chi connectivity index (χ3v) is 7.06. The molecule has 0 aliphatic rings. The molecule has 1 N–H and O–H groups in total. The quantitative estimate of drug-likeness (QED) is 0.485. The molecule has 0 radical (unpaired) electrons. The van der Waals surface area contributed by atoms with E-state index in [1.165, 1.54) is 12.1 Å². The maximum Gasteiger partial charge on any atom is 0.243 e. The van der Waals surface area contributed by atoms with E-state index < -0.39 is 21.7 Å². The van der Waals surface area contributed by atoms with Gasteiger partial charge in [0.05, 0.1) is 17.5 Å². The summed E-state index contributed by atoms with van der Waals surface area (Å²) in [6.07, 6.45) is 0. The first kappa shape index (κ1) is 23.1. The first-order chi connectivity index (χ1) is 14.8. The summed E-state index contributed by atoms with van der Waals surface area (Å²) in [5, 5.41) is 2.84. The number of amides is 1. The zero-order valence-electron chi connectivity index (χ0n) is 16.8. The minimum atomic E-state index is -4.02. The molecule has 3 aromatic carbocycles. The average Bonchev–Trinajstić information content (AvgIpc) is 2.74. The molecule has 162 valence electrons. The average molecular weight is 505 g/mol. The molecule has 0 bridgehead atoms. The van der Waals surface area contributed by atoms with Crippen LogP contribution in [0.2, 0.25) is 0 Å². The standard InChI is InChI=1S/C23H22BrFN2O3S/c1-17(19-7-9-20(24)10-8-19)26-23(28)16-27(15-18-5-3-2-4-6-18)31(29,30)22-13-11-21(25)12-14-22/h2-14,17H,15-16H2,1H3,(H,26,28). The van der Waals surface area contributed by atoms with Crippen LogP contribution in [0, 0.1) is 5.82 Å². The van der Waals surface area contributed by atoms with Crippen LogP contribution in [0.5, 0.6) is 0 Å². The molecule has 5 nitrogen and oxygen atoms in total. The summed E-state index contributed by atoms with van der Waals surface area (Å²) < 4.78 is 41.7. The third kappa shape index (κ3) is 6.22. The lowest BCUT2D eigenvalue weighted by molar-refractivity contribution is -0.122. The number of hydrogen-bond donors (Lipinski definition) is 1. The molecule has 0 aliphatic heterocycles. The van der Waals surface area contributed by atoms with Gasteiger partial charge in [-0.1, -0.05) is 58.4 Å². The van der Waals surface area contributed by atoms with Crippen molar-refractivity contribution in [1.29, 1.82) is 0 Å². The van der Waals surface area contributed by atoms with Gasteiger partial charge in [0, 0.05) is 11.0 Å². The van der Waals surface area contributed by atoms with E-state index in [2.05, 4.69) is 21.2 Å². The molecular formula is C23H22BrFN2O3S. The van der Waals surface area contributed by atoms with Crippen LogP contribution in [0.25, 0.3) is 0 Å². The topological polar surface area (TPSA) is 66.5 Å². The van der Waals surface area contributed by atoms with Crippen LogP contribution >= 0.6 is 15.9 Å². The summed E-state index contributed by atoms with van der Waals surface area (Å²) in [5.74, 6) is -0.966. The van der Waals surface area contributed by atoms with E-state index in [4.69, 9.17) is 0 Å². The van der Waals surface area contributed by atoms with Crippen molar-refractivity contribution in [3.8, 4) is 0 Å². The normalized spacial score (nSPS) is 12.5. The van der Waals surface area contributed by atoms with E-state index >= 15 is 0 Å². The second-order valence-corrected chi connectivity index (χ2v) is 9.91. The largest absolute Gasteiger partial charge is 0.348 e. The van der Waals surface area contributed by atoms with Crippen LogP contribution < -0.4 is 5.32 Å². The number of benzene rings is 3. The maximum atomic E-state index is 13.3. The highest BCUT2D eigenvalue weighted by Crippen LogP contribution is 2.20. The molecule has 0 aliphatic carbocycles. The lowest BCUT2D eigenvalue weighted by Gasteiger charge is -2.23. The van der Waals surface area contributed by atoms with Gasteiger partial charge in [-0.25, -0.2) is 12.8 Å². The molecule has 1 atom stereocenters. The van der Waals surface area contributed by atoms with Crippen molar-refractivity contribution in [1.82, 2.24) is 9.62 Å². The number of carbonyl (C=O) groups excluding carboxylic acids is 1. The van der Waals surface area contributed by atoms with Gasteiger partial charge >= 0.3 is 0 Å². The predicted molar refractivity (Wildman–Crippen MR) is 121 cm³/mol. The Kier molecular flexibility index (Phi) is 7.59. The number of nitrogens with one attached hydrogen (secondary N) is 1. The fraction of sp³-hybridized carbons (Fsp3) is 0.174. The molecule has 0 saturated heterocycles. The Bertz CT molecular complexity index is 1120. The van der Waals surface area contributed by atoms with Gasteiger partial charge in [-0.2, -0.15) is 4.31 Å². The highest BCUT2D eigenvalue weighted by Gasteiger charge is 2.27. The van der Waals surface area contributed by atoms with E-state index in [1.54, 1.807) is 24.3 Å².